The Labute approximate surface area is 147 Å². The molecular weight excluding hydrogens is 331 g/mol. The van der Waals surface area contributed by atoms with Crippen LogP contribution in [0.25, 0.3) is 0 Å². The summed E-state index contributed by atoms with van der Waals surface area (Å²) in [6.07, 6.45) is -2.34. The van der Waals surface area contributed by atoms with Gasteiger partial charge in [0.25, 0.3) is 0 Å². The lowest BCUT2D eigenvalue weighted by atomic mass is 10.1. The number of carbonyl (C=O) groups excluding carboxylic acids is 1. The van der Waals surface area contributed by atoms with E-state index in [0.29, 0.717) is 38.4 Å². The molecule has 0 radical (unpaired) electrons. The highest BCUT2D eigenvalue weighted by atomic mass is 19.4. The first-order valence-electron chi connectivity index (χ1n) is 8.77. The normalized spacial score (nSPS) is 17.4. The molecule has 1 aliphatic heterocycles. The third-order valence-electron chi connectivity index (χ3n) is 4.61. The van der Waals surface area contributed by atoms with Crippen molar-refractivity contribution >= 4 is 11.6 Å². The summed E-state index contributed by atoms with van der Waals surface area (Å²) in [4.78, 5) is 16.1. The van der Waals surface area contributed by atoms with E-state index in [2.05, 4.69) is 17.1 Å². The van der Waals surface area contributed by atoms with Gasteiger partial charge >= 0.3 is 6.18 Å². The minimum absolute atomic E-state index is 0.0148. The van der Waals surface area contributed by atoms with Crippen molar-refractivity contribution in [3.05, 3.63) is 29.8 Å². The first kappa shape index (κ1) is 19.6. The van der Waals surface area contributed by atoms with Gasteiger partial charge in [-0.15, -0.1) is 0 Å². The maximum Gasteiger partial charge on any atom is 0.416 e. The Bertz CT molecular complexity index is 569. The van der Waals surface area contributed by atoms with Crippen LogP contribution in [0.3, 0.4) is 0 Å². The summed E-state index contributed by atoms with van der Waals surface area (Å²) < 4.78 is 38.5. The van der Waals surface area contributed by atoms with Gasteiger partial charge in [0, 0.05) is 38.4 Å². The van der Waals surface area contributed by atoms with Gasteiger partial charge in [0.1, 0.15) is 0 Å². The third kappa shape index (κ3) is 5.36. The third-order valence-corrected chi connectivity index (χ3v) is 4.61. The van der Waals surface area contributed by atoms with Gasteiger partial charge in [-0.1, -0.05) is 19.4 Å². The monoisotopic (exact) mass is 357 g/mol. The molecule has 1 amide bonds. The standard InChI is InChI=1S/C18H26F3N3O/c1-3-4-8-22-17(25)14(2)23-9-11-24(12-10-23)16-7-5-6-15(13-16)18(19,20)21/h5-7,13-14H,3-4,8-12H2,1-2H3,(H,22,25). The van der Waals surface area contributed by atoms with Crippen LogP contribution >= 0.6 is 0 Å². The van der Waals surface area contributed by atoms with E-state index in [4.69, 9.17) is 0 Å². The van der Waals surface area contributed by atoms with E-state index in [9.17, 15) is 18.0 Å². The van der Waals surface area contributed by atoms with Crippen LogP contribution in [0.2, 0.25) is 0 Å². The highest BCUT2D eigenvalue weighted by Gasteiger charge is 2.31. The number of carbonyl (C=O) groups is 1. The van der Waals surface area contributed by atoms with E-state index in [1.165, 1.54) is 12.1 Å². The SMILES string of the molecule is CCCCNC(=O)C(C)N1CCN(c2cccc(C(F)(F)F)c2)CC1. The number of alkyl halides is 3. The molecule has 7 heteroatoms. The average Bonchev–Trinajstić information content (AvgIpc) is 2.61. The van der Waals surface area contributed by atoms with Crippen LogP contribution in [-0.2, 0) is 11.0 Å². The second-order valence-corrected chi connectivity index (χ2v) is 6.39. The fourth-order valence-corrected chi connectivity index (χ4v) is 2.95. The number of hydrogen-bond acceptors (Lipinski definition) is 3. The van der Waals surface area contributed by atoms with Crippen LogP contribution in [0, 0.1) is 0 Å². The fraction of sp³-hybridized carbons (Fsp3) is 0.611. The number of benzene rings is 1. The van der Waals surface area contributed by atoms with Gasteiger partial charge in [0.15, 0.2) is 0 Å². The van der Waals surface area contributed by atoms with Gasteiger partial charge in [-0.05, 0) is 31.5 Å². The summed E-state index contributed by atoms with van der Waals surface area (Å²) in [5.74, 6) is 0.0148. The molecule has 1 heterocycles. The molecule has 0 spiro atoms. The molecule has 1 aliphatic rings. The van der Waals surface area contributed by atoms with E-state index in [1.807, 2.05) is 11.8 Å². The first-order chi connectivity index (χ1) is 11.8. The van der Waals surface area contributed by atoms with Gasteiger partial charge < -0.3 is 10.2 Å². The Hall–Kier alpha value is -1.76. The van der Waals surface area contributed by atoms with E-state index in [-0.39, 0.29) is 11.9 Å². The van der Waals surface area contributed by atoms with E-state index < -0.39 is 11.7 Å². The Morgan fingerprint density at radius 2 is 1.92 bits per heavy atom. The van der Waals surface area contributed by atoms with Crippen LogP contribution < -0.4 is 10.2 Å². The molecule has 1 saturated heterocycles. The fourth-order valence-electron chi connectivity index (χ4n) is 2.95. The first-order valence-corrected chi connectivity index (χ1v) is 8.77. The molecule has 1 atom stereocenters. The molecule has 4 nitrogen and oxygen atoms in total. The molecule has 2 rings (SSSR count). The zero-order valence-electron chi connectivity index (χ0n) is 14.8. The van der Waals surface area contributed by atoms with Crippen LogP contribution in [0.15, 0.2) is 24.3 Å². The maximum absolute atomic E-state index is 12.8. The average molecular weight is 357 g/mol. The molecule has 1 aromatic rings. The Morgan fingerprint density at radius 3 is 2.52 bits per heavy atom. The molecule has 1 unspecified atom stereocenters. The molecule has 0 aromatic heterocycles. The number of hydrogen-bond donors (Lipinski definition) is 1. The number of amides is 1. The largest absolute Gasteiger partial charge is 0.416 e. The number of anilines is 1. The minimum atomic E-state index is -4.33. The number of halogens is 3. The number of rotatable bonds is 6. The van der Waals surface area contributed by atoms with Crippen molar-refractivity contribution in [2.45, 2.75) is 38.9 Å². The summed E-state index contributed by atoms with van der Waals surface area (Å²) in [6, 6.07) is 5.19. The Balaban J connectivity index is 1.90. The lowest BCUT2D eigenvalue weighted by molar-refractivity contribution is -0.137. The molecule has 1 aromatic carbocycles. The van der Waals surface area contributed by atoms with Crippen LogP contribution in [0.1, 0.15) is 32.3 Å². The molecular formula is C18H26F3N3O. The van der Waals surface area contributed by atoms with Crippen LogP contribution in [0.5, 0.6) is 0 Å². The zero-order valence-corrected chi connectivity index (χ0v) is 14.8. The van der Waals surface area contributed by atoms with Crippen molar-refractivity contribution < 1.29 is 18.0 Å². The highest BCUT2D eigenvalue weighted by Crippen LogP contribution is 2.31. The summed E-state index contributed by atoms with van der Waals surface area (Å²) in [5, 5.41) is 2.93. The predicted octanol–water partition coefficient (Wildman–Crippen LogP) is 3.13. The highest BCUT2D eigenvalue weighted by molar-refractivity contribution is 5.81. The molecule has 25 heavy (non-hydrogen) atoms. The molecule has 0 saturated carbocycles. The van der Waals surface area contributed by atoms with Crippen molar-refractivity contribution in [3.63, 3.8) is 0 Å². The summed E-state index contributed by atoms with van der Waals surface area (Å²) >= 11 is 0. The van der Waals surface area contributed by atoms with E-state index >= 15 is 0 Å². The van der Waals surface area contributed by atoms with Crippen molar-refractivity contribution in [3.8, 4) is 0 Å². The number of nitrogens with one attached hydrogen (secondary N) is 1. The van der Waals surface area contributed by atoms with E-state index in [0.717, 1.165) is 18.9 Å². The van der Waals surface area contributed by atoms with Gasteiger partial charge in [0.2, 0.25) is 5.91 Å². The summed E-state index contributed by atoms with van der Waals surface area (Å²) in [6.45, 7) is 7.15. The van der Waals surface area contributed by atoms with Crippen molar-refractivity contribution in [2.24, 2.45) is 0 Å². The van der Waals surface area contributed by atoms with Crippen molar-refractivity contribution in [1.29, 1.82) is 0 Å². The molecule has 1 fully saturated rings. The number of unbranched alkanes of at least 4 members (excludes halogenated alkanes) is 1. The minimum Gasteiger partial charge on any atom is -0.369 e. The second kappa shape index (κ2) is 8.56. The smallest absolute Gasteiger partial charge is 0.369 e. The molecule has 0 aliphatic carbocycles. The molecule has 0 bridgehead atoms. The second-order valence-electron chi connectivity index (χ2n) is 6.39. The van der Waals surface area contributed by atoms with Crippen molar-refractivity contribution in [2.75, 3.05) is 37.6 Å². The zero-order chi connectivity index (χ0) is 18.4. The predicted molar refractivity (Wildman–Crippen MR) is 92.6 cm³/mol. The molecule has 1 N–H and O–H groups in total. The lowest BCUT2D eigenvalue weighted by Crippen LogP contribution is -2.54. The van der Waals surface area contributed by atoms with Crippen molar-refractivity contribution in [1.82, 2.24) is 10.2 Å². The summed E-state index contributed by atoms with van der Waals surface area (Å²) in [7, 11) is 0. The van der Waals surface area contributed by atoms with Crippen LogP contribution in [0.4, 0.5) is 18.9 Å². The lowest BCUT2D eigenvalue weighted by Gasteiger charge is -2.38. The number of piperazine rings is 1. The topological polar surface area (TPSA) is 35.6 Å². The van der Waals surface area contributed by atoms with E-state index in [1.54, 1.807) is 6.07 Å². The Kier molecular flexibility index (Phi) is 6.70. The van der Waals surface area contributed by atoms with Gasteiger partial charge in [-0.25, -0.2) is 0 Å². The van der Waals surface area contributed by atoms with Gasteiger partial charge in [0.05, 0.1) is 11.6 Å². The quantitative estimate of drug-likeness (QED) is 0.795. The molecule has 140 valence electrons. The maximum atomic E-state index is 12.8. The summed E-state index contributed by atoms with van der Waals surface area (Å²) in [5.41, 5.74) is -0.0503. The van der Waals surface area contributed by atoms with Gasteiger partial charge in [-0.2, -0.15) is 13.2 Å². The van der Waals surface area contributed by atoms with Gasteiger partial charge in [-0.3, -0.25) is 9.69 Å². The number of nitrogens with zero attached hydrogens (tertiary/aromatic N) is 2. The van der Waals surface area contributed by atoms with Crippen LogP contribution in [-0.4, -0.2) is 49.6 Å². The Morgan fingerprint density at radius 1 is 1.24 bits per heavy atom.